The molecule has 12 heavy (non-hydrogen) atoms. The molecule has 0 aliphatic carbocycles. The number of aliphatic hydroxyl groups excluding tert-OH is 1. The molecule has 5 heteroatoms. The zero-order valence-corrected chi connectivity index (χ0v) is 7.37. The lowest BCUT2D eigenvalue weighted by molar-refractivity contribution is 0.0854. The first-order valence-electron chi connectivity index (χ1n) is 3.69. The summed E-state index contributed by atoms with van der Waals surface area (Å²) in [6.07, 6.45) is 3.30. The Morgan fingerprint density at radius 1 is 1.58 bits per heavy atom. The Morgan fingerprint density at radius 2 is 2.42 bits per heavy atom. The molecular weight excluding hydrogens is 180 g/mol. The van der Waals surface area contributed by atoms with Gasteiger partial charge in [0.25, 0.3) is 0 Å². The zero-order chi connectivity index (χ0) is 8.81. The lowest BCUT2D eigenvalue weighted by Crippen LogP contribution is -2.08. The number of halogens is 1. The topological polar surface area (TPSA) is 47.3 Å². The van der Waals surface area contributed by atoms with Crippen LogP contribution in [0.5, 0.6) is 0 Å². The first-order chi connectivity index (χ1) is 5.83. The van der Waals surface area contributed by atoms with Crippen molar-refractivity contribution in [2.75, 3.05) is 19.8 Å². The summed E-state index contributed by atoms with van der Waals surface area (Å²) in [4.78, 5) is 0. The molecule has 1 aromatic heterocycles. The van der Waals surface area contributed by atoms with Crippen LogP contribution in [0.3, 0.4) is 0 Å². The Balaban J connectivity index is 2.15. The van der Waals surface area contributed by atoms with E-state index >= 15 is 0 Å². The fourth-order valence-corrected chi connectivity index (χ4v) is 0.942. The highest BCUT2D eigenvalue weighted by atomic mass is 35.5. The van der Waals surface area contributed by atoms with Crippen LogP contribution >= 0.6 is 11.6 Å². The maximum absolute atomic E-state index is 8.40. The fourth-order valence-electron chi connectivity index (χ4n) is 0.785. The van der Waals surface area contributed by atoms with Gasteiger partial charge in [-0.3, -0.25) is 4.68 Å². The highest BCUT2D eigenvalue weighted by Gasteiger charge is 1.94. The van der Waals surface area contributed by atoms with E-state index in [2.05, 4.69) is 5.10 Å². The maximum atomic E-state index is 8.40. The minimum Gasteiger partial charge on any atom is -0.394 e. The van der Waals surface area contributed by atoms with Crippen molar-refractivity contribution < 1.29 is 9.84 Å². The van der Waals surface area contributed by atoms with E-state index in [1.165, 1.54) is 0 Å². The number of nitrogens with zero attached hydrogens (tertiary/aromatic N) is 2. The van der Waals surface area contributed by atoms with Crippen LogP contribution in [0.15, 0.2) is 12.4 Å². The molecule has 1 aromatic rings. The van der Waals surface area contributed by atoms with E-state index in [-0.39, 0.29) is 6.61 Å². The number of aliphatic hydroxyl groups is 1. The van der Waals surface area contributed by atoms with Crippen molar-refractivity contribution >= 4 is 11.6 Å². The van der Waals surface area contributed by atoms with Gasteiger partial charge in [0.05, 0.1) is 37.6 Å². The van der Waals surface area contributed by atoms with E-state index in [1.807, 2.05) is 0 Å². The first-order valence-corrected chi connectivity index (χ1v) is 4.07. The predicted octanol–water partition coefficient (Wildman–Crippen LogP) is 0.545. The van der Waals surface area contributed by atoms with Gasteiger partial charge in [-0.1, -0.05) is 11.6 Å². The van der Waals surface area contributed by atoms with Gasteiger partial charge in [-0.15, -0.1) is 0 Å². The third-order valence-electron chi connectivity index (χ3n) is 1.30. The number of hydrogen-bond donors (Lipinski definition) is 1. The molecule has 1 heterocycles. The highest BCUT2D eigenvalue weighted by Crippen LogP contribution is 2.03. The monoisotopic (exact) mass is 190 g/mol. The van der Waals surface area contributed by atoms with Gasteiger partial charge in [0.15, 0.2) is 0 Å². The molecule has 0 fully saturated rings. The first kappa shape index (κ1) is 9.51. The molecule has 0 saturated carbocycles. The molecule has 0 amide bonds. The van der Waals surface area contributed by atoms with Crippen LogP contribution in [0.4, 0.5) is 0 Å². The normalized spacial score (nSPS) is 10.5. The van der Waals surface area contributed by atoms with E-state index in [0.29, 0.717) is 24.8 Å². The molecule has 0 saturated heterocycles. The van der Waals surface area contributed by atoms with Crippen molar-refractivity contribution in [3.8, 4) is 0 Å². The Hall–Kier alpha value is -0.580. The molecule has 0 atom stereocenters. The lowest BCUT2D eigenvalue weighted by atomic mass is 10.6. The molecule has 0 aliphatic rings. The third kappa shape index (κ3) is 3.21. The van der Waals surface area contributed by atoms with Crippen LogP contribution < -0.4 is 0 Å². The van der Waals surface area contributed by atoms with Gasteiger partial charge in [-0.25, -0.2) is 0 Å². The van der Waals surface area contributed by atoms with Gasteiger partial charge in [0.1, 0.15) is 0 Å². The van der Waals surface area contributed by atoms with E-state index in [9.17, 15) is 0 Å². The van der Waals surface area contributed by atoms with Gasteiger partial charge < -0.3 is 9.84 Å². The van der Waals surface area contributed by atoms with E-state index in [4.69, 9.17) is 21.4 Å². The summed E-state index contributed by atoms with van der Waals surface area (Å²) in [5, 5.41) is 13.0. The average Bonchev–Trinajstić information content (AvgIpc) is 2.45. The molecule has 0 unspecified atom stereocenters. The van der Waals surface area contributed by atoms with Crippen LogP contribution in [-0.4, -0.2) is 34.7 Å². The summed E-state index contributed by atoms with van der Waals surface area (Å²) >= 11 is 5.64. The van der Waals surface area contributed by atoms with Gasteiger partial charge in [-0.2, -0.15) is 5.10 Å². The van der Waals surface area contributed by atoms with Gasteiger partial charge in [0, 0.05) is 6.20 Å². The molecule has 0 bridgehead atoms. The largest absolute Gasteiger partial charge is 0.394 e. The summed E-state index contributed by atoms with van der Waals surface area (Å²) in [5.41, 5.74) is 0. The maximum Gasteiger partial charge on any atom is 0.0785 e. The van der Waals surface area contributed by atoms with Gasteiger partial charge in [0.2, 0.25) is 0 Å². The van der Waals surface area contributed by atoms with Gasteiger partial charge in [-0.05, 0) is 0 Å². The summed E-state index contributed by atoms with van der Waals surface area (Å²) in [6, 6.07) is 0. The van der Waals surface area contributed by atoms with Crippen molar-refractivity contribution in [1.82, 2.24) is 9.78 Å². The summed E-state index contributed by atoms with van der Waals surface area (Å²) < 4.78 is 6.74. The zero-order valence-electron chi connectivity index (χ0n) is 6.61. The van der Waals surface area contributed by atoms with E-state index < -0.39 is 0 Å². The van der Waals surface area contributed by atoms with Crippen molar-refractivity contribution in [3.63, 3.8) is 0 Å². The van der Waals surface area contributed by atoms with Gasteiger partial charge >= 0.3 is 0 Å². The Kier molecular flexibility index (Phi) is 4.07. The molecule has 0 aromatic carbocycles. The van der Waals surface area contributed by atoms with E-state index in [0.717, 1.165) is 0 Å². The van der Waals surface area contributed by atoms with Crippen LogP contribution in [0.2, 0.25) is 5.02 Å². The summed E-state index contributed by atoms with van der Waals surface area (Å²) in [7, 11) is 0. The van der Waals surface area contributed by atoms with Crippen LogP contribution in [-0.2, 0) is 11.3 Å². The number of ether oxygens (including phenoxy) is 1. The lowest BCUT2D eigenvalue weighted by Gasteiger charge is -2.01. The predicted molar refractivity (Wildman–Crippen MR) is 45.1 cm³/mol. The Labute approximate surface area is 75.7 Å². The standard InChI is InChI=1S/C7H11ClN2O2/c8-7-5-9-10(6-7)1-3-12-4-2-11/h5-6,11H,1-4H2. The molecule has 0 radical (unpaired) electrons. The quantitative estimate of drug-likeness (QED) is 0.690. The number of rotatable bonds is 5. The Morgan fingerprint density at radius 3 is 3.00 bits per heavy atom. The van der Waals surface area contributed by atoms with Crippen molar-refractivity contribution in [2.45, 2.75) is 6.54 Å². The number of hydrogen-bond acceptors (Lipinski definition) is 3. The number of aromatic nitrogens is 2. The SMILES string of the molecule is OCCOCCn1cc(Cl)cn1. The minimum absolute atomic E-state index is 0.0554. The average molecular weight is 191 g/mol. The summed E-state index contributed by atoms with van der Waals surface area (Å²) in [6.45, 7) is 1.63. The Bertz CT molecular complexity index is 227. The molecular formula is C7H11ClN2O2. The molecule has 1 N–H and O–H groups in total. The van der Waals surface area contributed by atoms with Crippen LogP contribution in [0.1, 0.15) is 0 Å². The second-order valence-electron chi connectivity index (χ2n) is 2.26. The highest BCUT2D eigenvalue weighted by molar-refractivity contribution is 6.30. The molecule has 1 rings (SSSR count). The molecule has 68 valence electrons. The molecule has 4 nitrogen and oxygen atoms in total. The van der Waals surface area contributed by atoms with Crippen molar-refractivity contribution in [2.24, 2.45) is 0 Å². The second-order valence-corrected chi connectivity index (χ2v) is 2.69. The fraction of sp³-hybridized carbons (Fsp3) is 0.571. The summed E-state index contributed by atoms with van der Waals surface area (Å²) in [5.74, 6) is 0. The minimum atomic E-state index is 0.0554. The molecule has 0 aliphatic heterocycles. The third-order valence-corrected chi connectivity index (χ3v) is 1.50. The van der Waals surface area contributed by atoms with E-state index in [1.54, 1.807) is 17.1 Å². The van der Waals surface area contributed by atoms with Crippen LogP contribution in [0, 0.1) is 0 Å². The second kappa shape index (κ2) is 5.13. The smallest absolute Gasteiger partial charge is 0.0785 e. The van der Waals surface area contributed by atoms with Crippen molar-refractivity contribution in [1.29, 1.82) is 0 Å². The van der Waals surface area contributed by atoms with Crippen LogP contribution in [0.25, 0.3) is 0 Å². The van der Waals surface area contributed by atoms with Crippen molar-refractivity contribution in [3.05, 3.63) is 17.4 Å². The molecule has 0 spiro atoms.